The fraction of sp³-hybridized carbons (Fsp3) is 0.273. The zero-order valence-corrected chi connectivity index (χ0v) is 8.62. The summed E-state index contributed by atoms with van der Waals surface area (Å²) in [6.45, 7) is 0. The van der Waals surface area contributed by atoms with Crippen LogP contribution in [0.15, 0.2) is 18.2 Å². The standard InChI is InChI=1S/C11H11NO4/c1-16-10-3-2-7(4-8(10)6-13)11(15)9(14)5-12/h2-4,6,9,11,14-15H,1H3. The number of carbonyl (C=O) groups excluding carboxylic acids is 1. The topological polar surface area (TPSA) is 90.5 Å². The number of rotatable bonds is 4. The first-order valence-corrected chi connectivity index (χ1v) is 4.53. The third kappa shape index (κ3) is 2.37. The highest BCUT2D eigenvalue weighted by Crippen LogP contribution is 2.23. The van der Waals surface area contributed by atoms with Gasteiger partial charge in [-0.15, -0.1) is 0 Å². The number of nitriles is 1. The molecule has 2 atom stereocenters. The molecule has 0 bridgehead atoms. The first-order valence-electron chi connectivity index (χ1n) is 4.53. The van der Waals surface area contributed by atoms with Gasteiger partial charge in [0.15, 0.2) is 12.4 Å². The number of aldehydes is 1. The number of carbonyl (C=O) groups is 1. The van der Waals surface area contributed by atoms with Crippen LogP contribution in [0.25, 0.3) is 0 Å². The van der Waals surface area contributed by atoms with Crippen molar-refractivity contribution in [2.75, 3.05) is 7.11 Å². The Labute approximate surface area is 92.5 Å². The van der Waals surface area contributed by atoms with Gasteiger partial charge in [0.25, 0.3) is 0 Å². The molecule has 84 valence electrons. The Kier molecular flexibility index (Phi) is 4.00. The van der Waals surface area contributed by atoms with E-state index in [-0.39, 0.29) is 11.1 Å². The molecule has 1 aromatic rings. The fourth-order valence-corrected chi connectivity index (χ4v) is 1.28. The van der Waals surface area contributed by atoms with Crippen LogP contribution in [0.5, 0.6) is 5.75 Å². The third-order valence-corrected chi connectivity index (χ3v) is 2.15. The molecule has 0 aliphatic rings. The molecule has 2 N–H and O–H groups in total. The van der Waals surface area contributed by atoms with E-state index in [2.05, 4.69) is 0 Å². The Hall–Kier alpha value is -1.90. The maximum absolute atomic E-state index is 10.7. The summed E-state index contributed by atoms with van der Waals surface area (Å²) < 4.78 is 4.92. The lowest BCUT2D eigenvalue weighted by Gasteiger charge is -2.13. The van der Waals surface area contributed by atoms with Crippen molar-refractivity contribution in [2.24, 2.45) is 0 Å². The van der Waals surface area contributed by atoms with Gasteiger partial charge in [-0.2, -0.15) is 5.26 Å². The predicted octanol–water partition coefficient (Wildman–Crippen LogP) is 0.426. The zero-order chi connectivity index (χ0) is 12.1. The van der Waals surface area contributed by atoms with Crippen molar-refractivity contribution in [3.8, 4) is 11.8 Å². The second-order valence-corrected chi connectivity index (χ2v) is 3.14. The summed E-state index contributed by atoms with van der Waals surface area (Å²) in [4.78, 5) is 10.7. The number of aliphatic hydroxyl groups is 2. The van der Waals surface area contributed by atoms with Crippen LogP contribution in [0, 0.1) is 11.3 Å². The molecule has 0 spiro atoms. The summed E-state index contributed by atoms with van der Waals surface area (Å²) >= 11 is 0. The summed E-state index contributed by atoms with van der Waals surface area (Å²) in [6.07, 6.45) is -2.28. The van der Waals surface area contributed by atoms with Crippen LogP contribution in [-0.2, 0) is 0 Å². The summed E-state index contributed by atoms with van der Waals surface area (Å²) in [5, 5.41) is 27.1. The number of hydrogen-bond acceptors (Lipinski definition) is 5. The van der Waals surface area contributed by atoms with Crippen LogP contribution in [-0.4, -0.2) is 29.7 Å². The van der Waals surface area contributed by atoms with Crippen LogP contribution < -0.4 is 4.74 Å². The summed E-state index contributed by atoms with van der Waals surface area (Å²) in [5.74, 6) is 0.373. The second-order valence-electron chi connectivity index (χ2n) is 3.14. The lowest BCUT2D eigenvalue weighted by molar-refractivity contribution is 0.0527. The minimum absolute atomic E-state index is 0.254. The second kappa shape index (κ2) is 5.26. The molecule has 1 rings (SSSR count). The molecule has 5 nitrogen and oxygen atoms in total. The maximum atomic E-state index is 10.7. The largest absolute Gasteiger partial charge is 0.496 e. The summed E-state index contributed by atoms with van der Waals surface area (Å²) in [7, 11) is 1.42. The molecule has 5 heteroatoms. The molecule has 2 unspecified atom stereocenters. The van der Waals surface area contributed by atoms with E-state index in [4.69, 9.17) is 15.1 Å². The zero-order valence-electron chi connectivity index (χ0n) is 8.62. The smallest absolute Gasteiger partial charge is 0.170 e. The lowest BCUT2D eigenvalue weighted by Crippen LogP contribution is -2.16. The van der Waals surface area contributed by atoms with Crippen molar-refractivity contribution < 1.29 is 19.7 Å². The first-order chi connectivity index (χ1) is 7.63. The molecule has 16 heavy (non-hydrogen) atoms. The van der Waals surface area contributed by atoms with Crippen LogP contribution in [0.1, 0.15) is 22.0 Å². The molecule has 0 heterocycles. The first kappa shape index (κ1) is 12.2. The molecule has 0 amide bonds. The predicted molar refractivity (Wildman–Crippen MR) is 55.0 cm³/mol. The Morgan fingerprint density at radius 3 is 2.69 bits per heavy atom. The Bertz CT molecular complexity index is 424. The summed E-state index contributed by atoms with van der Waals surface area (Å²) in [6, 6.07) is 5.86. The van der Waals surface area contributed by atoms with Crippen LogP contribution >= 0.6 is 0 Å². The van der Waals surface area contributed by atoms with Crippen molar-refractivity contribution in [2.45, 2.75) is 12.2 Å². The van der Waals surface area contributed by atoms with Crippen molar-refractivity contribution in [1.82, 2.24) is 0 Å². The number of aliphatic hydroxyl groups excluding tert-OH is 2. The number of nitrogens with zero attached hydrogens (tertiary/aromatic N) is 1. The van der Waals surface area contributed by atoms with Crippen LogP contribution in [0.2, 0.25) is 0 Å². The molecular formula is C11H11NO4. The average Bonchev–Trinajstić information content (AvgIpc) is 2.35. The number of ether oxygens (including phenoxy) is 1. The highest BCUT2D eigenvalue weighted by molar-refractivity contribution is 5.79. The van der Waals surface area contributed by atoms with E-state index in [9.17, 15) is 9.90 Å². The van der Waals surface area contributed by atoms with Crippen molar-refractivity contribution in [3.63, 3.8) is 0 Å². The Morgan fingerprint density at radius 2 is 2.19 bits per heavy atom. The van der Waals surface area contributed by atoms with Gasteiger partial charge in [0.1, 0.15) is 11.9 Å². The van der Waals surface area contributed by atoms with E-state index in [0.717, 1.165) is 0 Å². The van der Waals surface area contributed by atoms with Crippen LogP contribution in [0.3, 0.4) is 0 Å². The molecule has 0 radical (unpaired) electrons. The number of hydrogen-bond donors (Lipinski definition) is 2. The quantitative estimate of drug-likeness (QED) is 0.568. The molecule has 0 saturated heterocycles. The molecule has 0 aliphatic heterocycles. The van der Waals surface area contributed by atoms with Crippen molar-refractivity contribution in [1.29, 1.82) is 5.26 Å². The van der Waals surface area contributed by atoms with Gasteiger partial charge < -0.3 is 14.9 Å². The minimum atomic E-state index is -1.52. The van der Waals surface area contributed by atoms with E-state index in [1.54, 1.807) is 0 Å². The highest BCUT2D eigenvalue weighted by Gasteiger charge is 2.18. The van der Waals surface area contributed by atoms with E-state index in [1.165, 1.54) is 31.4 Å². The van der Waals surface area contributed by atoms with Crippen molar-refractivity contribution in [3.05, 3.63) is 29.3 Å². The Morgan fingerprint density at radius 1 is 1.50 bits per heavy atom. The average molecular weight is 221 g/mol. The van der Waals surface area contributed by atoms with E-state index >= 15 is 0 Å². The third-order valence-electron chi connectivity index (χ3n) is 2.15. The van der Waals surface area contributed by atoms with Gasteiger partial charge in [0, 0.05) is 0 Å². The van der Waals surface area contributed by atoms with Gasteiger partial charge in [0.05, 0.1) is 18.7 Å². The monoisotopic (exact) mass is 221 g/mol. The molecular weight excluding hydrogens is 210 g/mol. The molecule has 1 aromatic carbocycles. The van der Waals surface area contributed by atoms with Gasteiger partial charge in [-0.3, -0.25) is 4.79 Å². The molecule has 0 aromatic heterocycles. The fourth-order valence-electron chi connectivity index (χ4n) is 1.28. The van der Waals surface area contributed by atoms with Gasteiger partial charge in [-0.1, -0.05) is 6.07 Å². The molecule has 0 saturated carbocycles. The molecule has 0 fully saturated rings. The minimum Gasteiger partial charge on any atom is -0.496 e. The van der Waals surface area contributed by atoms with E-state index in [0.29, 0.717) is 12.0 Å². The number of methoxy groups -OCH3 is 1. The normalized spacial score (nSPS) is 13.6. The SMILES string of the molecule is COc1ccc(C(O)C(O)C#N)cc1C=O. The lowest BCUT2D eigenvalue weighted by atomic mass is 10.0. The maximum Gasteiger partial charge on any atom is 0.170 e. The van der Waals surface area contributed by atoms with Gasteiger partial charge in [-0.05, 0) is 17.7 Å². The van der Waals surface area contributed by atoms with Gasteiger partial charge in [-0.25, -0.2) is 0 Å². The number of benzene rings is 1. The molecule has 0 aliphatic carbocycles. The van der Waals surface area contributed by atoms with E-state index < -0.39 is 12.2 Å². The highest BCUT2D eigenvalue weighted by atomic mass is 16.5. The Balaban J connectivity index is 3.09. The van der Waals surface area contributed by atoms with Crippen molar-refractivity contribution >= 4 is 6.29 Å². The van der Waals surface area contributed by atoms with E-state index in [1.807, 2.05) is 0 Å². The summed E-state index contributed by atoms with van der Waals surface area (Å²) in [5.41, 5.74) is 0.543. The van der Waals surface area contributed by atoms with Gasteiger partial charge in [0.2, 0.25) is 0 Å². The van der Waals surface area contributed by atoms with Gasteiger partial charge >= 0.3 is 0 Å². The van der Waals surface area contributed by atoms with Crippen LogP contribution in [0.4, 0.5) is 0 Å².